The summed E-state index contributed by atoms with van der Waals surface area (Å²) in [5.41, 5.74) is 1.22. The molecule has 0 unspecified atom stereocenters. The average molecular weight is 452 g/mol. The van der Waals surface area contributed by atoms with Crippen molar-refractivity contribution in [2.24, 2.45) is 14.1 Å². The highest BCUT2D eigenvalue weighted by Gasteiger charge is 2.34. The first-order chi connectivity index (χ1) is 15.9. The molecule has 0 saturated carbocycles. The Morgan fingerprint density at radius 2 is 1.30 bits per heavy atom. The summed E-state index contributed by atoms with van der Waals surface area (Å²) >= 11 is 0. The Morgan fingerprint density at radius 3 is 1.91 bits per heavy atom. The van der Waals surface area contributed by atoms with Gasteiger partial charge in [0.2, 0.25) is 0 Å². The Labute approximate surface area is 191 Å². The van der Waals surface area contributed by atoms with E-state index in [1.165, 1.54) is 14.0 Å². The van der Waals surface area contributed by atoms with E-state index in [1.807, 2.05) is 0 Å². The van der Waals surface area contributed by atoms with Gasteiger partial charge in [-0.3, -0.25) is 28.4 Å². The van der Waals surface area contributed by atoms with Gasteiger partial charge in [-0.25, -0.2) is 9.78 Å². The van der Waals surface area contributed by atoms with Crippen LogP contribution in [0.5, 0.6) is 0 Å². The van der Waals surface area contributed by atoms with E-state index in [-0.39, 0.29) is 23.1 Å². The molecule has 0 N–H and O–H groups in total. The van der Waals surface area contributed by atoms with E-state index in [4.69, 9.17) is 0 Å². The van der Waals surface area contributed by atoms with E-state index >= 15 is 0 Å². The zero-order valence-corrected chi connectivity index (χ0v) is 19.1. The number of rotatable bonds is 10. The van der Waals surface area contributed by atoms with Crippen LogP contribution in [0.4, 0.5) is 0 Å². The summed E-state index contributed by atoms with van der Waals surface area (Å²) in [5, 5.41) is 0. The van der Waals surface area contributed by atoms with Gasteiger partial charge in [0.05, 0.1) is 17.5 Å². The second-order valence-electron chi connectivity index (χ2n) is 8.61. The molecule has 0 saturated heterocycles. The van der Waals surface area contributed by atoms with E-state index in [1.54, 1.807) is 49.3 Å². The summed E-state index contributed by atoms with van der Waals surface area (Å²) in [7, 11) is 3.38. The van der Waals surface area contributed by atoms with Crippen LogP contribution in [0.2, 0.25) is 0 Å². The number of fused-ring (bicyclic) bond motifs is 2. The molecule has 4 rings (SSSR count). The van der Waals surface area contributed by atoms with Gasteiger partial charge in [0.15, 0.2) is 11.2 Å². The molecule has 33 heavy (non-hydrogen) atoms. The molecule has 0 aliphatic carbocycles. The van der Waals surface area contributed by atoms with Crippen molar-refractivity contribution in [3.05, 3.63) is 62.6 Å². The lowest BCUT2D eigenvalue weighted by molar-refractivity contribution is 0.0651. The Morgan fingerprint density at radius 1 is 0.758 bits per heavy atom. The number of imide groups is 1. The van der Waals surface area contributed by atoms with Crippen LogP contribution in [-0.4, -0.2) is 41.9 Å². The van der Waals surface area contributed by atoms with Crippen LogP contribution in [0.1, 0.15) is 65.7 Å². The molecule has 9 heteroatoms. The van der Waals surface area contributed by atoms with Gasteiger partial charge in [-0.05, 0) is 25.0 Å². The van der Waals surface area contributed by atoms with E-state index in [2.05, 4.69) is 4.98 Å². The molecule has 1 aliphatic heterocycles. The number of unbranched alkanes of at least 4 members (excludes halogenated alkanes) is 6. The Hall–Kier alpha value is -3.49. The van der Waals surface area contributed by atoms with Gasteiger partial charge in [0.25, 0.3) is 17.4 Å². The highest BCUT2D eigenvalue weighted by Crippen LogP contribution is 2.23. The van der Waals surface area contributed by atoms with Gasteiger partial charge in [0.1, 0.15) is 0 Å². The van der Waals surface area contributed by atoms with Crippen LogP contribution < -0.4 is 11.2 Å². The van der Waals surface area contributed by atoms with Crippen molar-refractivity contribution in [2.45, 2.75) is 51.5 Å². The second-order valence-corrected chi connectivity index (χ2v) is 8.61. The van der Waals surface area contributed by atoms with Crippen molar-refractivity contribution in [1.29, 1.82) is 0 Å². The predicted molar refractivity (Wildman–Crippen MR) is 124 cm³/mol. The number of carbonyl (C=O) groups is 2. The molecule has 3 heterocycles. The van der Waals surface area contributed by atoms with E-state index in [9.17, 15) is 19.2 Å². The fourth-order valence-corrected chi connectivity index (χ4v) is 4.46. The maximum absolute atomic E-state index is 12.7. The number of benzene rings is 1. The molecule has 0 atom stereocenters. The third-order valence-corrected chi connectivity index (χ3v) is 6.34. The van der Waals surface area contributed by atoms with Crippen LogP contribution in [0.3, 0.4) is 0 Å². The quantitative estimate of drug-likeness (QED) is 0.348. The molecule has 1 aromatic carbocycles. The SMILES string of the molecule is Cn1cnc2c1c(=O)n(CCCCCCCCCN1C(=O)c3ccccc3C1=O)c(=O)n2C. The van der Waals surface area contributed by atoms with Crippen LogP contribution in [0.15, 0.2) is 40.2 Å². The highest BCUT2D eigenvalue weighted by molar-refractivity contribution is 6.21. The van der Waals surface area contributed by atoms with Gasteiger partial charge in [-0.2, -0.15) is 0 Å². The van der Waals surface area contributed by atoms with E-state index in [0.717, 1.165) is 44.9 Å². The molecule has 0 bridgehead atoms. The molecule has 9 nitrogen and oxygen atoms in total. The van der Waals surface area contributed by atoms with Gasteiger partial charge < -0.3 is 4.57 Å². The van der Waals surface area contributed by atoms with Crippen molar-refractivity contribution < 1.29 is 9.59 Å². The lowest BCUT2D eigenvalue weighted by Gasteiger charge is -2.13. The van der Waals surface area contributed by atoms with E-state index < -0.39 is 0 Å². The van der Waals surface area contributed by atoms with Gasteiger partial charge in [0, 0.05) is 27.2 Å². The summed E-state index contributed by atoms with van der Waals surface area (Å²) in [6, 6.07) is 6.96. The van der Waals surface area contributed by atoms with Crippen molar-refractivity contribution in [1.82, 2.24) is 23.6 Å². The maximum Gasteiger partial charge on any atom is 0.332 e. The number of hydrogen-bond donors (Lipinski definition) is 0. The molecule has 2 amide bonds. The highest BCUT2D eigenvalue weighted by atomic mass is 16.2. The van der Waals surface area contributed by atoms with Crippen molar-refractivity contribution >= 4 is 23.0 Å². The first kappa shape index (κ1) is 22.7. The van der Waals surface area contributed by atoms with Crippen molar-refractivity contribution in [3.8, 4) is 0 Å². The fraction of sp³-hybridized carbons (Fsp3) is 0.458. The average Bonchev–Trinajstić information content (AvgIpc) is 3.31. The zero-order valence-electron chi connectivity index (χ0n) is 19.1. The first-order valence-electron chi connectivity index (χ1n) is 11.5. The molecular weight excluding hydrogens is 422 g/mol. The predicted octanol–water partition coefficient (Wildman–Crippen LogP) is 2.46. The number of amides is 2. The minimum Gasteiger partial charge on any atom is -0.328 e. The van der Waals surface area contributed by atoms with Crippen molar-refractivity contribution in [2.75, 3.05) is 6.54 Å². The topological polar surface area (TPSA) is 99.2 Å². The minimum absolute atomic E-state index is 0.193. The van der Waals surface area contributed by atoms with Crippen LogP contribution in [-0.2, 0) is 20.6 Å². The smallest absolute Gasteiger partial charge is 0.328 e. The molecule has 174 valence electrons. The number of hydrogen-bond acceptors (Lipinski definition) is 5. The molecule has 0 spiro atoms. The number of nitrogens with zero attached hydrogens (tertiary/aromatic N) is 5. The molecule has 0 fully saturated rings. The molecule has 1 aliphatic rings. The zero-order chi connectivity index (χ0) is 23.5. The summed E-state index contributed by atoms with van der Waals surface area (Å²) in [6.07, 6.45) is 8.04. The molecular formula is C24H29N5O4. The van der Waals surface area contributed by atoms with Gasteiger partial charge in [-0.1, -0.05) is 44.2 Å². The minimum atomic E-state index is -0.334. The Kier molecular flexibility index (Phi) is 6.57. The number of aromatic nitrogens is 4. The number of imidazole rings is 1. The lowest BCUT2D eigenvalue weighted by atomic mass is 10.1. The summed E-state index contributed by atoms with van der Waals surface area (Å²) < 4.78 is 4.37. The first-order valence-corrected chi connectivity index (χ1v) is 11.5. The molecule has 0 radical (unpaired) electrons. The van der Waals surface area contributed by atoms with Crippen LogP contribution >= 0.6 is 0 Å². The summed E-state index contributed by atoms with van der Waals surface area (Å²) in [4.78, 5) is 55.4. The summed E-state index contributed by atoms with van der Waals surface area (Å²) in [5.74, 6) is -0.386. The molecule has 3 aromatic rings. The fourth-order valence-electron chi connectivity index (χ4n) is 4.46. The third-order valence-electron chi connectivity index (χ3n) is 6.34. The van der Waals surface area contributed by atoms with E-state index in [0.29, 0.717) is 35.4 Å². The van der Waals surface area contributed by atoms with Crippen LogP contribution in [0.25, 0.3) is 11.2 Å². The van der Waals surface area contributed by atoms with Gasteiger partial charge in [-0.15, -0.1) is 0 Å². The third kappa shape index (κ3) is 4.27. The maximum atomic E-state index is 12.7. The van der Waals surface area contributed by atoms with Crippen LogP contribution in [0, 0.1) is 0 Å². The monoisotopic (exact) mass is 451 g/mol. The largest absolute Gasteiger partial charge is 0.332 e. The number of aryl methyl sites for hydroxylation is 2. The molecule has 2 aromatic heterocycles. The number of carbonyl (C=O) groups excluding carboxylic acids is 2. The second kappa shape index (κ2) is 9.56. The van der Waals surface area contributed by atoms with Gasteiger partial charge >= 0.3 is 5.69 Å². The standard InChI is InChI=1S/C24H29N5O4/c1-26-16-25-20-19(26)23(32)29(24(33)27(20)2)15-11-7-5-3-4-6-10-14-28-21(30)17-12-8-9-13-18(17)22(28)31/h8-9,12-13,16H,3-7,10-11,14-15H2,1-2H3. The normalized spacial score (nSPS) is 13.3. The Balaban J connectivity index is 1.17. The lowest BCUT2D eigenvalue weighted by Crippen LogP contribution is -2.39. The summed E-state index contributed by atoms with van der Waals surface area (Å²) in [6.45, 7) is 0.849. The van der Waals surface area contributed by atoms with Crippen molar-refractivity contribution in [3.63, 3.8) is 0 Å². The Bertz CT molecular complexity index is 1280.